The lowest BCUT2D eigenvalue weighted by molar-refractivity contribution is -0.191. The molecule has 0 aromatic heterocycles. The summed E-state index contributed by atoms with van der Waals surface area (Å²) in [7, 11) is 0. The molecule has 0 saturated carbocycles. The number of hydrogen-bond acceptors (Lipinski definition) is 3. The van der Waals surface area contributed by atoms with Crippen LogP contribution in [-0.2, 0) is 4.79 Å². The summed E-state index contributed by atoms with van der Waals surface area (Å²) in [6.45, 7) is 7.73. The summed E-state index contributed by atoms with van der Waals surface area (Å²) in [5.41, 5.74) is 1.62. The van der Waals surface area contributed by atoms with E-state index in [1.807, 2.05) is 13.8 Å². The lowest BCUT2D eigenvalue weighted by Gasteiger charge is -2.31. The number of amides is 1. The predicted octanol–water partition coefficient (Wildman–Crippen LogP) is 4.85. The fourth-order valence-corrected chi connectivity index (χ4v) is 3.41. The number of benzene rings is 2. The number of alkyl halides is 3. The molecule has 1 atom stereocenters. The number of hydrogen-bond donors (Lipinski definition) is 1. The number of hydrazine groups is 1. The second kappa shape index (κ2) is 7.28. The summed E-state index contributed by atoms with van der Waals surface area (Å²) >= 11 is 0. The highest BCUT2D eigenvalue weighted by Gasteiger charge is 2.51. The normalized spacial score (nSPS) is 18.5. The van der Waals surface area contributed by atoms with Gasteiger partial charge in [0.2, 0.25) is 5.91 Å². The molecule has 1 heterocycles. The largest absolute Gasteiger partial charge is 0.493 e. The van der Waals surface area contributed by atoms with Crippen LogP contribution in [0.15, 0.2) is 36.4 Å². The third kappa shape index (κ3) is 3.94. The molecule has 1 aliphatic heterocycles. The Morgan fingerprint density at radius 1 is 1.14 bits per heavy atom. The van der Waals surface area contributed by atoms with Gasteiger partial charge < -0.3 is 4.74 Å². The van der Waals surface area contributed by atoms with Gasteiger partial charge in [0.25, 0.3) is 0 Å². The minimum absolute atomic E-state index is 0.0318. The van der Waals surface area contributed by atoms with Crippen LogP contribution >= 0.6 is 0 Å². The van der Waals surface area contributed by atoms with Crippen LogP contribution in [0.4, 0.5) is 13.2 Å². The summed E-state index contributed by atoms with van der Waals surface area (Å²) in [6, 6.07) is 8.00. The van der Waals surface area contributed by atoms with Crippen molar-refractivity contribution in [1.82, 2.24) is 10.4 Å². The topological polar surface area (TPSA) is 41.6 Å². The fraction of sp³-hybridized carbons (Fsp3) is 0.476. The molecule has 2 aromatic carbocycles. The molecule has 0 bridgehead atoms. The van der Waals surface area contributed by atoms with Crippen molar-refractivity contribution in [3.8, 4) is 5.75 Å². The van der Waals surface area contributed by atoms with E-state index in [0.29, 0.717) is 29.0 Å². The SMILES string of the molecule is CC(C)COc1ccc([C@H](N2CC(C)(C)C(=O)N2)C(F)(F)F)c2ccccc12. The molecule has 1 fully saturated rings. The van der Waals surface area contributed by atoms with Crippen molar-refractivity contribution in [2.45, 2.75) is 39.9 Å². The molecule has 28 heavy (non-hydrogen) atoms. The molecule has 2 aromatic rings. The summed E-state index contributed by atoms with van der Waals surface area (Å²) in [5.74, 6) is 0.436. The van der Waals surface area contributed by atoms with E-state index < -0.39 is 23.5 Å². The molecule has 7 heteroatoms. The minimum Gasteiger partial charge on any atom is -0.493 e. The van der Waals surface area contributed by atoms with Crippen LogP contribution in [0, 0.1) is 11.3 Å². The van der Waals surface area contributed by atoms with Gasteiger partial charge in [0.15, 0.2) is 6.04 Å². The number of nitrogens with one attached hydrogen (secondary N) is 1. The van der Waals surface area contributed by atoms with Crippen molar-refractivity contribution in [2.24, 2.45) is 11.3 Å². The maximum absolute atomic E-state index is 14.1. The van der Waals surface area contributed by atoms with Crippen LogP contribution in [0.5, 0.6) is 5.75 Å². The first kappa shape index (κ1) is 20.5. The first-order valence-corrected chi connectivity index (χ1v) is 9.29. The Labute approximate surface area is 162 Å². The first-order valence-electron chi connectivity index (χ1n) is 9.29. The average molecular weight is 394 g/mol. The Kier molecular flexibility index (Phi) is 5.32. The Balaban J connectivity index is 2.09. The summed E-state index contributed by atoms with van der Waals surface area (Å²) in [4.78, 5) is 12.1. The van der Waals surface area contributed by atoms with Crippen LogP contribution in [0.2, 0.25) is 0 Å². The molecular formula is C21H25F3N2O2. The van der Waals surface area contributed by atoms with Gasteiger partial charge in [0.05, 0.1) is 12.0 Å². The van der Waals surface area contributed by atoms with Gasteiger partial charge in [-0.15, -0.1) is 0 Å². The smallest absolute Gasteiger partial charge is 0.409 e. The number of halogens is 3. The zero-order chi connectivity index (χ0) is 20.7. The van der Waals surface area contributed by atoms with Crippen molar-refractivity contribution in [1.29, 1.82) is 0 Å². The lowest BCUT2D eigenvalue weighted by atomic mass is 9.93. The van der Waals surface area contributed by atoms with E-state index in [9.17, 15) is 18.0 Å². The number of ether oxygens (including phenoxy) is 1. The highest BCUT2D eigenvalue weighted by Crippen LogP contribution is 2.44. The quantitative estimate of drug-likeness (QED) is 0.788. The third-order valence-electron chi connectivity index (χ3n) is 4.83. The highest BCUT2D eigenvalue weighted by atomic mass is 19.4. The van der Waals surface area contributed by atoms with E-state index in [0.717, 1.165) is 5.01 Å². The number of carbonyl (C=O) groups is 1. The van der Waals surface area contributed by atoms with Crippen molar-refractivity contribution in [3.63, 3.8) is 0 Å². The van der Waals surface area contributed by atoms with Crippen molar-refractivity contribution in [2.75, 3.05) is 13.2 Å². The van der Waals surface area contributed by atoms with Gasteiger partial charge in [0, 0.05) is 11.9 Å². The molecule has 0 radical (unpaired) electrons. The van der Waals surface area contributed by atoms with Gasteiger partial charge >= 0.3 is 6.18 Å². The lowest BCUT2D eigenvalue weighted by Crippen LogP contribution is -2.43. The monoisotopic (exact) mass is 394 g/mol. The van der Waals surface area contributed by atoms with Crippen LogP contribution in [0.1, 0.15) is 39.3 Å². The van der Waals surface area contributed by atoms with Crippen LogP contribution in [-0.4, -0.2) is 30.2 Å². The van der Waals surface area contributed by atoms with E-state index in [2.05, 4.69) is 5.43 Å². The molecule has 4 nitrogen and oxygen atoms in total. The zero-order valence-corrected chi connectivity index (χ0v) is 16.4. The second-order valence-corrected chi connectivity index (χ2v) is 8.30. The van der Waals surface area contributed by atoms with E-state index in [-0.39, 0.29) is 12.1 Å². The van der Waals surface area contributed by atoms with Crippen LogP contribution < -0.4 is 10.2 Å². The molecule has 1 N–H and O–H groups in total. The number of rotatable bonds is 5. The Morgan fingerprint density at radius 3 is 2.32 bits per heavy atom. The predicted molar refractivity (Wildman–Crippen MR) is 102 cm³/mol. The summed E-state index contributed by atoms with van der Waals surface area (Å²) in [5, 5.41) is 2.09. The van der Waals surface area contributed by atoms with E-state index in [1.54, 1.807) is 44.2 Å². The number of carbonyl (C=O) groups excluding carboxylic acids is 1. The van der Waals surface area contributed by atoms with Gasteiger partial charge in [-0.1, -0.05) is 44.2 Å². The zero-order valence-electron chi connectivity index (χ0n) is 16.4. The molecule has 0 aliphatic carbocycles. The Morgan fingerprint density at radius 2 is 1.79 bits per heavy atom. The van der Waals surface area contributed by atoms with Crippen molar-refractivity contribution >= 4 is 16.7 Å². The molecular weight excluding hydrogens is 369 g/mol. The van der Waals surface area contributed by atoms with Gasteiger partial charge in [-0.2, -0.15) is 13.2 Å². The molecule has 3 rings (SSSR count). The molecule has 0 spiro atoms. The molecule has 0 unspecified atom stereocenters. The molecule has 1 saturated heterocycles. The van der Waals surface area contributed by atoms with E-state index in [4.69, 9.17) is 4.74 Å². The minimum atomic E-state index is -4.56. The van der Waals surface area contributed by atoms with Gasteiger partial charge in [-0.3, -0.25) is 10.2 Å². The van der Waals surface area contributed by atoms with Crippen LogP contribution in [0.3, 0.4) is 0 Å². The summed E-state index contributed by atoms with van der Waals surface area (Å²) < 4.78 is 48.1. The molecule has 1 amide bonds. The maximum Gasteiger partial charge on any atom is 0.409 e. The van der Waals surface area contributed by atoms with Gasteiger partial charge in [-0.25, -0.2) is 5.01 Å². The summed E-state index contributed by atoms with van der Waals surface area (Å²) in [6.07, 6.45) is -4.56. The van der Waals surface area contributed by atoms with Crippen LogP contribution in [0.25, 0.3) is 10.8 Å². The van der Waals surface area contributed by atoms with Gasteiger partial charge in [0.1, 0.15) is 5.75 Å². The van der Waals surface area contributed by atoms with Gasteiger partial charge in [-0.05, 0) is 36.8 Å². The van der Waals surface area contributed by atoms with E-state index >= 15 is 0 Å². The van der Waals surface area contributed by atoms with Crippen molar-refractivity contribution in [3.05, 3.63) is 42.0 Å². The standard InChI is InChI=1S/C21H25F3N2O2/c1-13(2)11-28-17-10-9-16(14-7-5-6-8-15(14)17)18(21(22,23)24)26-12-20(3,4)19(27)25-26/h5-10,13,18H,11-12H2,1-4H3,(H,25,27)/t18-/m0/s1. The second-order valence-electron chi connectivity index (χ2n) is 8.30. The fourth-order valence-electron chi connectivity index (χ4n) is 3.41. The Hall–Kier alpha value is -2.28. The first-order chi connectivity index (χ1) is 13.0. The van der Waals surface area contributed by atoms with E-state index in [1.165, 1.54) is 6.07 Å². The number of fused-ring (bicyclic) bond motifs is 1. The number of nitrogens with zero attached hydrogens (tertiary/aromatic N) is 1. The third-order valence-corrected chi connectivity index (χ3v) is 4.83. The maximum atomic E-state index is 14.1. The molecule has 1 aliphatic rings. The molecule has 152 valence electrons. The highest BCUT2D eigenvalue weighted by molar-refractivity contribution is 5.91. The average Bonchev–Trinajstić information content (AvgIpc) is 2.85. The van der Waals surface area contributed by atoms with Crippen molar-refractivity contribution < 1.29 is 22.7 Å². The Bertz CT molecular complexity index is 878.